The lowest BCUT2D eigenvalue weighted by Gasteiger charge is -2.23. The summed E-state index contributed by atoms with van der Waals surface area (Å²) < 4.78 is 41.5. The molecule has 3 rings (SSSR count). The van der Waals surface area contributed by atoms with Crippen LogP contribution in [0.3, 0.4) is 0 Å². The van der Waals surface area contributed by atoms with E-state index < -0.39 is 28.8 Å². The van der Waals surface area contributed by atoms with Crippen LogP contribution in [-0.2, 0) is 6.18 Å². The summed E-state index contributed by atoms with van der Waals surface area (Å²) >= 11 is 0. The molecular weight excluding hydrogens is 407 g/mol. The molecule has 0 bridgehead atoms. The largest absolute Gasteiger partial charge is 0.418 e. The maximum absolute atomic E-state index is 13.5. The van der Waals surface area contributed by atoms with Crippen LogP contribution in [0.5, 0.6) is 0 Å². The summed E-state index contributed by atoms with van der Waals surface area (Å²) in [4.78, 5) is 27.3. The number of nitrogens with zero attached hydrogens (tertiary/aromatic N) is 3. The molecule has 3 aromatic rings. The maximum atomic E-state index is 13.5. The van der Waals surface area contributed by atoms with Crippen LogP contribution in [0.1, 0.15) is 41.5 Å². The van der Waals surface area contributed by atoms with E-state index >= 15 is 0 Å². The Morgan fingerprint density at radius 1 is 1.06 bits per heavy atom. The van der Waals surface area contributed by atoms with E-state index in [1.54, 1.807) is 30.3 Å². The molecule has 1 heterocycles. The normalized spacial score (nSPS) is 11.4. The van der Waals surface area contributed by atoms with E-state index in [9.17, 15) is 22.8 Å². The van der Waals surface area contributed by atoms with E-state index in [-0.39, 0.29) is 11.4 Å². The Labute approximate surface area is 177 Å². The van der Waals surface area contributed by atoms with Gasteiger partial charge in [0.25, 0.3) is 5.91 Å². The van der Waals surface area contributed by atoms with Gasteiger partial charge in [0, 0.05) is 24.0 Å². The summed E-state index contributed by atoms with van der Waals surface area (Å²) in [5, 5.41) is 4.08. The highest BCUT2D eigenvalue weighted by molar-refractivity contribution is 6.04. The minimum Gasteiger partial charge on any atom is -0.307 e. The van der Waals surface area contributed by atoms with Crippen LogP contribution in [0.2, 0.25) is 0 Å². The summed E-state index contributed by atoms with van der Waals surface area (Å²) in [7, 11) is 0. The SMILES string of the molecule is CCCCN(C(=O)c1nn(-c2ccccc2C(F)(F)F)c(C)cc1=O)c1ccccc1. The van der Waals surface area contributed by atoms with Crippen LogP contribution < -0.4 is 10.3 Å². The van der Waals surface area contributed by atoms with Crippen LogP contribution in [0.4, 0.5) is 18.9 Å². The Balaban J connectivity index is 2.13. The molecule has 1 amide bonds. The van der Waals surface area contributed by atoms with Crippen LogP contribution >= 0.6 is 0 Å². The topological polar surface area (TPSA) is 55.2 Å². The summed E-state index contributed by atoms with van der Waals surface area (Å²) in [6.45, 7) is 3.80. The van der Waals surface area contributed by atoms with Gasteiger partial charge in [-0.15, -0.1) is 0 Å². The average Bonchev–Trinajstić information content (AvgIpc) is 2.74. The highest BCUT2D eigenvalue weighted by Crippen LogP contribution is 2.33. The third kappa shape index (κ3) is 4.84. The smallest absolute Gasteiger partial charge is 0.307 e. The van der Waals surface area contributed by atoms with Crippen molar-refractivity contribution in [2.45, 2.75) is 32.9 Å². The molecular formula is C23H22F3N3O2. The molecule has 0 aliphatic rings. The zero-order chi connectivity index (χ0) is 22.6. The number of alkyl halides is 3. The fourth-order valence-electron chi connectivity index (χ4n) is 3.24. The second-order valence-electron chi connectivity index (χ2n) is 7.07. The average molecular weight is 429 g/mol. The molecule has 0 N–H and O–H groups in total. The van der Waals surface area contributed by atoms with Crippen molar-refractivity contribution in [1.82, 2.24) is 9.78 Å². The van der Waals surface area contributed by atoms with Crippen molar-refractivity contribution in [3.05, 3.63) is 87.8 Å². The molecule has 1 aromatic heterocycles. The number of para-hydroxylation sites is 2. The lowest BCUT2D eigenvalue weighted by molar-refractivity contribution is -0.137. The van der Waals surface area contributed by atoms with E-state index in [4.69, 9.17) is 0 Å². The first-order chi connectivity index (χ1) is 14.7. The predicted molar refractivity (Wildman–Crippen MR) is 113 cm³/mol. The molecule has 0 saturated heterocycles. The number of rotatable bonds is 6. The van der Waals surface area contributed by atoms with Gasteiger partial charge in [-0.25, -0.2) is 4.68 Å². The lowest BCUT2D eigenvalue weighted by Crippen LogP contribution is -2.37. The van der Waals surface area contributed by atoms with Gasteiger partial charge in [0.1, 0.15) is 0 Å². The molecule has 0 aliphatic heterocycles. The van der Waals surface area contributed by atoms with Gasteiger partial charge in [-0.3, -0.25) is 9.59 Å². The number of hydrogen-bond acceptors (Lipinski definition) is 3. The van der Waals surface area contributed by atoms with Gasteiger partial charge in [0.2, 0.25) is 5.43 Å². The second-order valence-corrected chi connectivity index (χ2v) is 7.07. The van der Waals surface area contributed by atoms with Gasteiger partial charge < -0.3 is 4.90 Å². The number of carbonyl (C=O) groups excluding carboxylic acids is 1. The fraction of sp³-hybridized carbons (Fsp3) is 0.261. The number of anilines is 1. The van der Waals surface area contributed by atoms with Crippen molar-refractivity contribution < 1.29 is 18.0 Å². The summed E-state index contributed by atoms with van der Waals surface area (Å²) in [6, 6.07) is 14.9. The Hall–Kier alpha value is -3.42. The lowest BCUT2D eigenvalue weighted by atomic mass is 10.1. The van der Waals surface area contributed by atoms with Crippen molar-refractivity contribution >= 4 is 11.6 Å². The summed E-state index contributed by atoms with van der Waals surface area (Å²) in [5.74, 6) is -0.650. The van der Waals surface area contributed by atoms with Crippen molar-refractivity contribution in [2.75, 3.05) is 11.4 Å². The van der Waals surface area contributed by atoms with E-state index in [1.165, 1.54) is 30.0 Å². The molecule has 2 aromatic carbocycles. The van der Waals surface area contributed by atoms with Gasteiger partial charge in [-0.05, 0) is 37.6 Å². The zero-order valence-electron chi connectivity index (χ0n) is 17.2. The summed E-state index contributed by atoms with van der Waals surface area (Å²) in [6.07, 6.45) is -3.10. The molecule has 162 valence electrons. The number of benzene rings is 2. The van der Waals surface area contributed by atoms with Crippen molar-refractivity contribution in [1.29, 1.82) is 0 Å². The first-order valence-electron chi connectivity index (χ1n) is 9.88. The van der Waals surface area contributed by atoms with Gasteiger partial charge in [-0.2, -0.15) is 18.3 Å². The Bertz CT molecular complexity index is 1120. The summed E-state index contributed by atoms with van der Waals surface area (Å²) in [5.41, 5.74) is -1.44. The van der Waals surface area contributed by atoms with Gasteiger partial charge >= 0.3 is 6.18 Å². The number of halogens is 3. The molecule has 0 atom stereocenters. The molecule has 0 aliphatic carbocycles. The third-order valence-corrected chi connectivity index (χ3v) is 4.80. The van der Waals surface area contributed by atoms with E-state index in [0.29, 0.717) is 18.7 Å². The fourth-order valence-corrected chi connectivity index (χ4v) is 3.24. The zero-order valence-corrected chi connectivity index (χ0v) is 17.2. The monoisotopic (exact) mass is 429 g/mol. The van der Waals surface area contributed by atoms with Gasteiger partial charge in [-0.1, -0.05) is 43.7 Å². The molecule has 0 saturated carbocycles. The molecule has 31 heavy (non-hydrogen) atoms. The number of unbranched alkanes of at least 4 members (excludes halogenated alkanes) is 1. The molecule has 0 spiro atoms. The number of carbonyl (C=O) groups is 1. The third-order valence-electron chi connectivity index (χ3n) is 4.80. The van der Waals surface area contributed by atoms with Crippen molar-refractivity contribution in [3.8, 4) is 5.69 Å². The molecule has 0 unspecified atom stereocenters. The first-order valence-corrected chi connectivity index (χ1v) is 9.88. The van der Waals surface area contributed by atoms with E-state index in [2.05, 4.69) is 5.10 Å². The van der Waals surface area contributed by atoms with Gasteiger partial charge in [0.05, 0.1) is 11.3 Å². The number of hydrogen-bond donors (Lipinski definition) is 0. The minimum atomic E-state index is -4.62. The molecule has 5 nitrogen and oxygen atoms in total. The highest BCUT2D eigenvalue weighted by atomic mass is 19.4. The Morgan fingerprint density at radius 2 is 1.71 bits per heavy atom. The molecule has 0 radical (unpaired) electrons. The first kappa shape index (κ1) is 22.3. The molecule has 0 fully saturated rings. The Kier molecular flexibility index (Phi) is 6.58. The van der Waals surface area contributed by atoms with E-state index in [0.717, 1.165) is 23.2 Å². The number of aryl methyl sites for hydroxylation is 1. The van der Waals surface area contributed by atoms with Crippen LogP contribution in [0.25, 0.3) is 5.69 Å². The van der Waals surface area contributed by atoms with Crippen LogP contribution in [0.15, 0.2) is 65.5 Å². The number of aromatic nitrogens is 2. The van der Waals surface area contributed by atoms with Crippen LogP contribution in [0, 0.1) is 6.92 Å². The quantitative estimate of drug-likeness (QED) is 0.554. The van der Waals surface area contributed by atoms with Crippen molar-refractivity contribution in [2.24, 2.45) is 0 Å². The highest BCUT2D eigenvalue weighted by Gasteiger charge is 2.34. The predicted octanol–water partition coefficient (Wildman–Crippen LogP) is 5.01. The number of amides is 1. The van der Waals surface area contributed by atoms with Gasteiger partial charge in [0.15, 0.2) is 5.69 Å². The van der Waals surface area contributed by atoms with Crippen molar-refractivity contribution in [3.63, 3.8) is 0 Å². The maximum Gasteiger partial charge on any atom is 0.418 e. The van der Waals surface area contributed by atoms with Crippen LogP contribution in [-0.4, -0.2) is 22.2 Å². The Morgan fingerprint density at radius 3 is 2.35 bits per heavy atom. The standard InChI is InChI=1S/C23H22F3N3O2/c1-3-4-14-28(17-10-6-5-7-11-17)22(31)21-20(30)15-16(2)29(27-21)19-13-9-8-12-18(19)23(24,25)26/h5-13,15H,3-4,14H2,1-2H3. The van der Waals surface area contributed by atoms with E-state index in [1.807, 2.05) is 6.92 Å². The second kappa shape index (κ2) is 9.16. The molecule has 8 heteroatoms. The minimum absolute atomic E-state index is 0.193.